The summed E-state index contributed by atoms with van der Waals surface area (Å²) in [6.07, 6.45) is 2.71. The Hall–Kier alpha value is -1.35. The fourth-order valence-corrected chi connectivity index (χ4v) is 2.52. The van der Waals surface area contributed by atoms with E-state index < -0.39 is 0 Å². The van der Waals surface area contributed by atoms with Crippen molar-refractivity contribution in [2.24, 2.45) is 0 Å². The van der Waals surface area contributed by atoms with Crippen LogP contribution in [0.4, 0.5) is 0 Å². The number of hydrogen-bond acceptors (Lipinski definition) is 3. The van der Waals surface area contributed by atoms with E-state index in [4.69, 9.17) is 4.74 Å². The fourth-order valence-electron chi connectivity index (χ4n) is 2.52. The maximum absolute atomic E-state index is 11.3. The number of carbonyl (C=O) groups is 1. The highest BCUT2D eigenvalue weighted by molar-refractivity contribution is 5.69. The molecule has 1 aromatic carbocycles. The first-order valence-corrected chi connectivity index (χ1v) is 6.69. The minimum atomic E-state index is -0.118. The number of benzene rings is 1. The largest absolute Gasteiger partial charge is 0.466 e. The highest BCUT2D eigenvalue weighted by Gasteiger charge is 2.21. The summed E-state index contributed by atoms with van der Waals surface area (Å²) in [4.78, 5) is 11.3. The molecule has 1 unspecified atom stereocenters. The second-order valence-electron chi connectivity index (χ2n) is 4.80. The third-order valence-electron chi connectivity index (χ3n) is 3.40. The van der Waals surface area contributed by atoms with Crippen molar-refractivity contribution >= 4 is 5.97 Å². The SMILES string of the molecule is CCOC(=O)CCNC1CCc2ccc(C)cc21. The zero-order chi connectivity index (χ0) is 13.0. The van der Waals surface area contributed by atoms with Crippen LogP contribution in [-0.2, 0) is 16.0 Å². The molecule has 1 N–H and O–H groups in total. The van der Waals surface area contributed by atoms with Gasteiger partial charge in [0.25, 0.3) is 0 Å². The van der Waals surface area contributed by atoms with Crippen molar-refractivity contribution in [2.45, 2.75) is 39.2 Å². The van der Waals surface area contributed by atoms with Crippen LogP contribution in [0.1, 0.15) is 42.5 Å². The van der Waals surface area contributed by atoms with Gasteiger partial charge in [-0.1, -0.05) is 23.8 Å². The second kappa shape index (κ2) is 6.01. The summed E-state index contributed by atoms with van der Waals surface area (Å²) >= 11 is 0. The fraction of sp³-hybridized carbons (Fsp3) is 0.533. The maximum Gasteiger partial charge on any atom is 0.307 e. The summed E-state index contributed by atoms with van der Waals surface area (Å²) < 4.78 is 4.92. The van der Waals surface area contributed by atoms with Crippen LogP contribution in [0.2, 0.25) is 0 Å². The van der Waals surface area contributed by atoms with Gasteiger partial charge in [0.1, 0.15) is 0 Å². The Labute approximate surface area is 109 Å². The molecule has 0 aliphatic heterocycles. The smallest absolute Gasteiger partial charge is 0.307 e. The Morgan fingerprint density at radius 3 is 3.11 bits per heavy atom. The molecule has 0 radical (unpaired) electrons. The van der Waals surface area contributed by atoms with Gasteiger partial charge in [0.05, 0.1) is 13.0 Å². The van der Waals surface area contributed by atoms with Gasteiger partial charge in [0, 0.05) is 12.6 Å². The van der Waals surface area contributed by atoms with Crippen LogP contribution in [0, 0.1) is 6.92 Å². The predicted octanol–water partition coefficient (Wildman–Crippen LogP) is 2.53. The van der Waals surface area contributed by atoms with Crippen molar-refractivity contribution < 1.29 is 9.53 Å². The van der Waals surface area contributed by atoms with Gasteiger partial charge < -0.3 is 10.1 Å². The van der Waals surface area contributed by atoms with Crippen LogP contribution in [-0.4, -0.2) is 19.1 Å². The molecule has 0 saturated heterocycles. The van der Waals surface area contributed by atoms with Gasteiger partial charge >= 0.3 is 5.97 Å². The predicted molar refractivity (Wildman–Crippen MR) is 71.5 cm³/mol. The highest BCUT2D eigenvalue weighted by Crippen LogP contribution is 2.31. The molecule has 1 aromatic rings. The molecule has 2 rings (SSSR count). The molecule has 0 amide bonds. The molecule has 1 aliphatic rings. The lowest BCUT2D eigenvalue weighted by atomic mass is 10.1. The van der Waals surface area contributed by atoms with Gasteiger partial charge in [0.15, 0.2) is 0 Å². The van der Waals surface area contributed by atoms with E-state index in [-0.39, 0.29) is 5.97 Å². The Balaban J connectivity index is 1.86. The Morgan fingerprint density at radius 1 is 1.50 bits per heavy atom. The third-order valence-corrected chi connectivity index (χ3v) is 3.40. The van der Waals surface area contributed by atoms with E-state index in [1.54, 1.807) is 0 Å². The molecule has 1 atom stereocenters. The first-order valence-electron chi connectivity index (χ1n) is 6.69. The number of carbonyl (C=O) groups excluding carboxylic acids is 1. The summed E-state index contributed by atoms with van der Waals surface area (Å²) in [5.41, 5.74) is 4.14. The molecule has 98 valence electrons. The van der Waals surface area contributed by atoms with Crippen LogP contribution < -0.4 is 5.32 Å². The van der Waals surface area contributed by atoms with Gasteiger partial charge in [-0.25, -0.2) is 0 Å². The molecular formula is C15H21NO2. The number of nitrogens with one attached hydrogen (secondary N) is 1. The minimum absolute atomic E-state index is 0.118. The number of ether oxygens (including phenoxy) is 1. The molecule has 0 bridgehead atoms. The molecule has 18 heavy (non-hydrogen) atoms. The van der Waals surface area contributed by atoms with Crippen molar-refractivity contribution in [2.75, 3.05) is 13.2 Å². The normalized spacial score (nSPS) is 17.6. The van der Waals surface area contributed by atoms with E-state index in [1.807, 2.05) is 6.92 Å². The molecule has 0 spiro atoms. The molecule has 0 fully saturated rings. The maximum atomic E-state index is 11.3. The topological polar surface area (TPSA) is 38.3 Å². The summed E-state index contributed by atoms with van der Waals surface area (Å²) in [7, 11) is 0. The van der Waals surface area contributed by atoms with Crippen molar-refractivity contribution in [1.82, 2.24) is 5.32 Å². The number of hydrogen-bond donors (Lipinski definition) is 1. The van der Waals surface area contributed by atoms with Crippen molar-refractivity contribution in [3.63, 3.8) is 0 Å². The molecule has 0 heterocycles. The van der Waals surface area contributed by atoms with Gasteiger partial charge in [-0.2, -0.15) is 0 Å². The number of aryl methyl sites for hydroxylation is 2. The molecule has 0 aromatic heterocycles. The van der Waals surface area contributed by atoms with E-state index in [0.717, 1.165) is 12.8 Å². The van der Waals surface area contributed by atoms with E-state index in [1.165, 1.54) is 16.7 Å². The molecular weight excluding hydrogens is 226 g/mol. The quantitative estimate of drug-likeness (QED) is 0.813. The summed E-state index contributed by atoms with van der Waals surface area (Å²) in [6.45, 7) is 5.11. The lowest BCUT2D eigenvalue weighted by molar-refractivity contribution is -0.143. The van der Waals surface area contributed by atoms with Gasteiger partial charge in [0.2, 0.25) is 0 Å². The average Bonchev–Trinajstić information content (AvgIpc) is 2.72. The lowest BCUT2D eigenvalue weighted by Crippen LogP contribution is -2.23. The third kappa shape index (κ3) is 3.10. The Kier molecular flexibility index (Phi) is 4.37. The van der Waals surface area contributed by atoms with E-state index in [0.29, 0.717) is 25.6 Å². The first-order chi connectivity index (χ1) is 8.70. The van der Waals surface area contributed by atoms with Crippen molar-refractivity contribution in [1.29, 1.82) is 0 Å². The summed E-state index contributed by atoms with van der Waals surface area (Å²) in [5, 5.41) is 3.45. The average molecular weight is 247 g/mol. The minimum Gasteiger partial charge on any atom is -0.466 e. The van der Waals surface area contributed by atoms with Gasteiger partial charge in [-0.3, -0.25) is 4.79 Å². The first kappa shape index (κ1) is 13.1. The Bertz CT molecular complexity index is 429. The van der Waals surface area contributed by atoms with Crippen LogP contribution in [0.15, 0.2) is 18.2 Å². The Morgan fingerprint density at radius 2 is 2.33 bits per heavy atom. The highest BCUT2D eigenvalue weighted by atomic mass is 16.5. The lowest BCUT2D eigenvalue weighted by Gasteiger charge is -2.14. The molecule has 0 saturated carbocycles. The number of esters is 1. The molecule has 3 heteroatoms. The van der Waals surface area contributed by atoms with Gasteiger partial charge in [-0.05, 0) is 37.8 Å². The van der Waals surface area contributed by atoms with Crippen LogP contribution in [0.5, 0.6) is 0 Å². The zero-order valence-corrected chi connectivity index (χ0v) is 11.2. The standard InChI is InChI=1S/C15H21NO2/c1-3-18-15(17)8-9-16-14-7-6-12-5-4-11(2)10-13(12)14/h4-5,10,14,16H,3,6-9H2,1-2H3. The van der Waals surface area contributed by atoms with Crippen LogP contribution in [0.25, 0.3) is 0 Å². The molecule has 3 nitrogen and oxygen atoms in total. The number of rotatable bonds is 5. The van der Waals surface area contributed by atoms with E-state index >= 15 is 0 Å². The summed E-state index contributed by atoms with van der Waals surface area (Å²) in [6, 6.07) is 7.04. The second-order valence-corrected chi connectivity index (χ2v) is 4.80. The zero-order valence-electron chi connectivity index (χ0n) is 11.2. The van der Waals surface area contributed by atoms with E-state index in [2.05, 4.69) is 30.4 Å². The van der Waals surface area contributed by atoms with Crippen LogP contribution >= 0.6 is 0 Å². The van der Waals surface area contributed by atoms with Crippen LogP contribution in [0.3, 0.4) is 0 Å². The number of fused-ring (bicyclic) bond motifs is 1. The molecule has 1 aliphatic carbocycles. The van der Waals surface area contributed by atoms with Gasteiger partial charge in [-0.15, -0.1) is 0 Å². The van der Waals surface area contributed by atoms with E-state index in [9.17, 15) is 4.79 Å². The van der Waals surface area contributed by atoms with Crippen molar-refractivity contribution in [3.05, 3.63) is 34.9 Å². The summed E-state index contributed by atoms with van der Waals surface area (Å²) in [5.74, 6) is -0.118. The van der Waals surface area contributed by atoms with Crippen molar-refractivity contribution in [3.8, 4) is 0 Å². The monoisotopic (exact) mass is 247 g/mol.